The van der Waals surface area contributed by atoms with Crippen LogP contribution in [0.3, 0.4) is 0 Å². The standard InChI is InChI=1S/C19H25N7OS/c1-12-11-21-19(28-12)24-16-10-17(27-2)25-18(23-16)22-13-8-14-4-5-15(9-13)26(14)7-3-6-20/h10-11,13-15H,3-5,7-9H2,1-2H3,(H2,21,22,23,24,25)/t13-,14-,15+. The van der Waals surface area contributed by atoms with Crippen molar-refractivity contribution in [2.24, 2.45) is 0 Å². The number of hydrogen-bond acceptors (Lipinski definition) is 9. The highest BCUT2D eigenvalue weighted by molar-refractivity contribution is 7.15. The number of aromatic nitrogens is 3. The Morgan fingerprint density at radius 1 is 1.32 bits per heavy atom. The van der Waals surface area contributed by atoms with Crippen LogP contribution < -0.4 is 15.4 Å². The number of ether oxygens (including phenoxy) is 1. The van der Waals surface area contributed by atoms with Crippen LogP contribution in [0.1, 0.15) is 37.0 Å². The highest BCUT2D eigenvalue weighted by atomic mass is 32.1. The molecule has 0 radical (unpaired) electrons. The van der Waals surface area contributed by atoms with Gasteiger partial charge in [-0.05, 0) is 32.6 Å². The zero-order valence-electron chi connectivity index (χ0n) is 16.2. The van der Waals surface area contributed by atoms with E-state index in [9.17, 15) is 0 Å². The minimum Gasteiger partial charge on any atom is -0.481 e. The first-order valence-corrected chi connectivity index (χ1v) is 10.5. The van der Waals surface area contributed by atoms with Gasteiger partial charge in [0.1, 0.15) is 5.82 Å². The monoisotopic (exact) mass is 399 g/mol. The molecule has 8 nitrogen and oxygen atoms in total. The zero-order valence-corrected chi connectivity index (χ0v) is 17.0. The van der Waals surface area contributed by atoms with E-state index in [4.69, 9.17) is 10.00 Å². The van der Waals surface area contributed by atoms with Gasteiger partial charge in [0.15, 0.2) is 5.13 Å². The number of hydrogen-bond donors (Lipinski definition) is 2. The minimum atomic E-state index is 0.331. The molecule has 148 valence electrons. The maximum atomic E-state index is 8.89. The first-order valence-electron chi connectivity index (χ1n) is 9.66. The van der Waals surface area contributed by atoms with Crippen molar-refractivity contribution in [3.63, 3.8) is 0 Å². The lowest BCUT2D eigenvalue weighted by atomic mass is 9.97. The highest BCUT2D eigenvalue weighted by Gasteiger charge is 2.40. The van der Waals surface area contributed by atoms with Crippen molar-refractivity contribution in [3.05, 3.63) is 17.1 Å². The van der Waals surface area contributed by atoms with Crippen LogP contribution >= 0.6 is 11.3 Å². The third-order valence-corrected chi connectivity index (χ3v) is 6.30. The normalized spacial score (nSPS) is 24.0. The van der Waals surface area contributed by atoms with E-state index in [-0.39, 0.29) is 0 Å². The molecule has 2 saturated heterocycles. The molecule has 2 bridgehead atoms. The Labute approximate surface area is 169 Å². The van der Waals surface area contributed by atoms with Crippen molar-refractivity contribution < 1.29 is 4.74 Å². The summed E-state index contributed by atoms with van der Waals surface area (Å²) in [6.07, 6.45) is 6.97. The number of anilines is 3. The summed E-state index contributed by atoms with van der Waals surface area (Å²) in [5.74, 6) is 1.76. The summed E-state index contributed by atoms with van der Waals surface area (Å²) in [6, 6.07) is 5.47. The largest absolute Gasteiger partial charge is 0.481 e. The average Bonchev–Trinajstić information content (AvgIpc) is 3.19. The Hall–Kier alpha value is -2.44. The van der Waals surface area contributed by atoms with E-state index in [2.05, 4.69) is 36.6 Å². The van der Waals surface area contributed by atoms with Gasteiger partial charge in [-0.1, -0.05) is 0 Å². The summed E-state index contributed by atoms with van der Waals surface area (Å²) in [4.78, 5) is 17.1. The second-order valence-corrected chi connectivity index (χ2v) is 8.60. The van der Waals surface area contributed by atoms with Gasteiger partial charge in [0.05, 0.1) is 13.2 Å². The van der Waals surface area contributed by atoms with E-state index < -0.39 is 0 Å². The van der Waals surface area contributed by atoms with Gasteiger partial charge >= 0.3 is 0 Å². The van der Waals surface area contributed by atoms with E-state index in [0.717, 1.165) is 29.4 Å². The number of piperidine rings is 1. The summed E-state index contributed by atoms with van der Waals surface area (Å²) >= 11 is 1.58. The molecular formula is C19H25N7OS. The molecule has 9 heteroatoms. The summed E-state index contributed by atoms with van der Waals surface area (Å²) in [6.45, 7) is 2.91. The van der Waals surface area contributed by atoms with Gasteiger partial charge in [0.2, 0.25) is 11.8 Å². The van der Waals surface area contributed by atoms with Gasteiger partial charge in [-0.2, -0.15) is 15.2 Å². The molecule has 2 aliphatic heterocycles. The fourth-order valence-electron chi connectivity index (χ4n) is 4.30. The molecule has 4 heterocycles. The lowest BCUT2D eigenvalue weighted by Gasteiger charge is -2.38. The number of nitriles is 1. The Morgan fingerprint density at radius 2 is 2.11 bits per heavy atom. The summed E-state index contributed by atoms with van der Waals surface area (Å²) < 4.78 is 5.36. The van der Waals surface area contributed by atoms with Gasteiger partial charge in [-0.15, -0.1) is 11.3 Å². The van der Waals surface area contributed by atoms with E-state index in [1.54, 1.807) is 24.5 Å². The molecule has 2 aromatic heterocycles. The fraction of sp³-hybridized carbons (Fsp3) is 0.579. The number of fused-ring (bicyclic) bond motifs is 2. The van der Waals surface area contributed by atoms with Crippen LogP contribution in [-0.2, 0) is 0 Å². The van der Waals surface area contributed by atoms with E-state index in [1.807, 2.05) is 13.1 Å². The molecule has 4 rings (SSSR count). The van der Waals surface area contributed by atoms with Crippen molar-refractivity contribution >= 4 is 28.2 Å². The molecule has 0 aromatic carbocycles. The Balaban J connectivity index is 1.45. The van der Waals surface area contributed by atoms with Gasteiger partial charge in [0, 0.05) is 48.2 Å². The number of thiazole rings is 1. The third-order valence-electron chi connectivity index (χ3n) is 5.47. The third kappa shape index (κ3) is 4.18. The van der Waals surface area contributed by atoms with Crippen molar-refractivity contribution in [3.8, 4) is 11.9 Å². The van der Waals surface area contributed by atoms with Crippen LogP contribution in [0, 0.1) is 18.3 Å². The molecule has 2 fully saturated rings. The lowest BCUT2D eigenvalue weighted by Crippen LogP contribution is -2.47. The summed E-state index contributed by atoms with van der Waals surface area (Å²) in [5, 5.41) is 16.4. The van der Waals surface area contributed by atoms with E-state index >= 15 is 0 Å². The average molecular weight is 400 g/mol. The zero-order chi connectivity index (χ0) is 19.5. The number of nitrogens with one attached hydrogen (secondary N) is 2. The molecule has 2 aromatic rings. The van der Waals surface area contributed by atoms with E-state index in [1.165, 1.54) is 12.8 Å². The SMILES string of the molecule is COc1cc(Nc2ncc(C)s2)nc(N[C@@H]2C[C@H]3CC[C@@H](C2)N3CCC#N)n1. The van der Waals surface area contributed by atoms with Crippen LogP contribution in [0.5, 0.6) is 5.88 Å². The predicted octanol–water partition coefficient (Wildman–Crippen LogP) is 3.31. The molecule has 0 spiro atoms. The molecule has 0 unspecified atom stereocenters. The van der Waals surface area contributed by atoms with Crippen molar-refractivity contribution in [1.29, 1.82) is 5.26 Å². The topological polar surface area (TPSA) is 99.0 Å². The number of aryl methyl sites for hydroxylation is 1. The molecule has 3 atom stereocenters. The first-order chi connectivity index (χ1) is 13.6. The summed E-state index contributed by atoms with van der Waals surface area (Å²) in [5.41, 5.74) is 0. The van der Waals surface area contributed by atoms with Gasteiger partial charge in [-0.3, -0.25) is 4.90 Å². The molecular weight excluding hydrogens is 374 g/mol. The number of methoxy groups -OCH3 is 1. The number of rotatable bonds is 7. The predicted molar refractivity (Wildman–Crippen MR) is 109 cm³/mol. The molecule has 0 saturated carbocycles. The Bertz CT molecular complexity index is 850. The highest BCUT2D eigenvalue weighted by Crippen LogP contribution is 2.36. The quantitative estimate of drug-likeness (QED) is 0.732. The fourth-order valence-corrected chi connectivity index (χ4v) is 4.97. The van der Waals surface area contributed by atoms with E-state index in [0.29, 0.717) is 42.2 Å². The van der Waals surface area contributed by atoms with Gasteiger partial charge in [0.25, 0.3) is 0 Å². The Kier molecular flexibility index (Phi) is 5.59. The van der Waals surface area contributed by atoms with Crippen LogP contribution in [0.4, 0.5) is 16.9 Å². The lowest BCUT2D eigenvalue weighted by molar-refractivity contribution is 0.135. The molecule has 0 amide bonds. The van der Waals surface area contributed by atoms with Crippen LogP contribution in [0.15, 0.2) is 12.3 Å². The minimum absolute atomic E-state index is 0.331. The van der Waals surface area contributed by atoms with Crippen LogP contribution in [-0.4, -0.2) is 51.6 Å². The smallest absolute Gasteiger partial charge is 0.228 e. The van der Waals surface area contributed by atoms with Gasteiger partial charge < -0.3 is 15.4 Å². The maximum absolute atomic E-state index is 8.89. The van der Waals surface area contributed by atoms with Crippen LogP contribution in [0.2, 0.25) is 0 Å². The van der Waals surface area contributed by atoms with Crippen molar-refractivity contribution in [1.82, 2.24) is 19.9 Å². The van der Waals surface area contributed by atoms with Crippen molar-refractivity contribution in [2.45, 2.75) is 57.2 Å². The molecule has 2 N–H and O–H groups in total. The molecule has 28 heavy (non-hydrogen) atoms. The summed E-state index contributed by atoms with van der Waals surface area (Å²) in [7, 11) is 1.61. The second kappa shape index (κ2) is 8.29. The van der Waals surface area contributed by atoms with Gasteiger partial charge in [-0.25, -0.2) is 4.98 Å². The second-order valence-electron chi connectivity index (χ2n) is 7.36. The number of nitrogens with zero attached hydrogens (tertiary/aromatic N) is 5. The maximum Gasteiger partial charge on any atom is 0.228 e. The first kappa shape index (κ1) is 18.9. The molecule has 2 aliphatic rings. The van der Waals surface area contributed by atoms with Crippen LogP contribution in [0.25, 0.3) is 0 Å². The Morgan fingerprint density at radius 3 is 2.75 bits per heavy atom. The molecule has 0 aliphatic carbocycles. The van der Waals surface area contributed by atoms with Crippen molar-refractivity contribution in [2.75, 3.05) is 24.3 Å².